The van der Waals surface area contributed by atoms with Crippen LogP contribution in [-0.2, 0) is 0 Å². The molecular weight excluding hydrogens is 186 g/mol. The van der Waals surface area contributed by atoms with Crippen molar-refractivity contribution < 1.29 is 4.42 Å². The van der Waals surface area contributed by atoms with E-state index in [1.54, 1.807) is 0 Å². The van der Waals surface area contributed by atoms with Crippen LogP contribution in [-0.4, -0.2) is 13.1 Å². The molecule has 2 heterocycles. The molecule has 1 aromatic rings. The van der Waals surface area contributed by atoms with Gasteiger partial charge in [-0.3, -0.25) is 0 Å². The van der Waals surface area contributed by atoms with Crippen molar-refractivity contribution in [2.45, 2.75) is 38.0 Å². The molecule has 1 saturated carbocycles. The van der Waals surface area contributed by atoms with Crippen LogP contribution in [0.5, 0.6) is 0 Å². The molecular formula is C13H19NO. The van der Waals surface area contributed by atoms with E-state index < -0.39 is 0 Å². The normalized spacial score (nSPS) is 31.8. The minimum atomic E-state index is 0.661. The molecule has 2 nitrogen and oxygen atoms in total. The molecule has 2 fully saturated rings. The molecule has 82 valence electrons. The maximum Gasteiger partial charge on any atom is 0.107 e. The second kappa shape index (κ2) is 3.67. The number of nitrogens with one attached hydrogen (secondary N) is 1. The van der Waals surface area contributed by atoms with E-state index in [2.05, 4.69) is 24.4 Å². The van der Waals surface area contributed by atoms with Crippen molar-refractivity contribution in [1.29, 1.82) is 0 Å². The quantitative estimate of drug-likeness (QED) is 0.803. The molecule has 1 saturated heterocycles. The molecule has 0 spiro atoms. The lowest BCUT2D eigenvalue weighted by molar-refractivity contribution is 0.370. The van der Waals surface area contributed by atoms with Gasteiger partial charge in [-0.25, -0.2) is 0 Å². The third-order valence-corrected chi connectivity index (χ3v) is 3.86. The van der Waals surface area contributed by atoms with Gasteiger partial charge in [0.05, 0.1) is 0 Å². The monoisotopic (exact) mass is 205 g/mol. The van der Waals surface area contributed by atoms with E-state index in [0.29, 0.717) is 5.92 Å². The van der Waals surface area contributed by atoms with Gasteiger partial charge in [0.1, 0.15) is 11.5 Å². The van der Waals surface area contributed by atoms with Crippen molar-refractivity contribution in [1.82, 2.24) is 5.32 Å². The Kier molecular flexibility index (Phi) is 2.32. The molecule has 1 aliphatic carbocycles. The fourth-order valence-corrected chi connectivity index (χ4v) is 2.61. The predicted molar refractivity (Wildman–Crippen MR) is 60.1 cm³/mol. The standard InChI is InChI=1S/C13H19NO/c1-9-8-11(9)13-3-2-12(15-13)10-4-6-14-7-5-10/h2-3,9-11,14H,4-8H2,1H3. The fourth-order valence-electron chi connectivity index (χ4n) is 2.61. The van der Waals surface area contributed by atoms with E-state index in [1.807, 2.05) is 0 Å². The Morgan fingerprint density at radius 3 is 2.53 bits per heavy atom. The minimum absolute atomic E-state index is 0.661. The topological polar surface area (TPSA) is 25.2 Å². The first-order chi connectivity index (χ1) is 7.34. The minimum Gasteiger partial charge on any atom is -0.465 e. The highest BCUT2D eigenvalue weighted by atomic mass is 16.3. The van der Waals surface area contributed by atoms with Crippen LogP contribution in [0.3, 0.4) is 0 Å². The van der Waals surface area contributed by atoms with Crippen molar-refractivity contribution in [2.75, 3.05) is 13.1 Å². The maximum absolute atomic E-state index is 5.99. The lowest BCUT2D eigenvalue weighted by Gasteiger charge is -2.20. The van der Waals surface area contributed by atoms with E-state index in [0.717, 1.165) is 24.9 Å². The summed E-state index contributed by atoms with van der Waals surface area (Å²) in [5, 5.41) is 3.39. The van der Waals surface area contributed by atoms with E-state index in [1.165, 1.54) is 30.8 Å². The second-order valence-electron chi connectivity index (χ2n) is 5.08. The third-order valence-electron chi connectivity index (χ3n) is 3.86. The highest BCUT2D eigenvalue weighted by Crippen LogP contribution is 2.48. The molecule has 2 aliphatic rings. The molecule has 1 aromatic heterocycles. The van der Waals surface area contributed by atoms with Gasteiger partial charge in [-0.2, -0.15) is 0 Å². The highest BCUT2D eigenvalue weighted by molar-refractivity contribution is 5.19. The summed E-state index contributed by atoms with van der Waals surface area (Å²) in [5.41, 5.74) is 0. The summed E-state index contributed by atoms with van der Waals surface area (Å²) in [5.74, 6) is 4.69. The zero-order chi connectivity index (χ0) is 10.3. The molecule has 15 heavy (non-hydrogen) atoms. The molecule has 0 bridgehead atoms. The molecule has 2 atom stereocenters. The summed E-state index contributed by atoms with van der Waals surface area (Å²) < 4.78 is 5.99. The van der Waals surface area contributed by atoms with Crippen molar-refractivity contribution in [3.8, 4) is 0 Å². The summed E-state index contributed by atoms with van der Waals surface area (Å²) in [7, 11) is 0. The van der Waals surface area contributed by atoms with E-state index in [4.69, 9.17) is 4.42 Å². The Morgan fingerprint density at radius 2 is 1.87 bits per heavy atom. The summed E-state index contributed by atoms with van der Waals surface area (Å²) in [4.78, 5) is 0. The van der Waals surface area contributed by atoms with Crippen LogP contribution in [0, 0.1) is 5.92 Å². The number of piperidine rings is 1. The van der Waals surface area contributed by atoms with Gasteiger partial charge in [-0.15, -0.1) is 0 Å². The van der Waals surface area contributed by atoms with Gasteiger partial charge in [0.15, 0.2) is 0 Å². The molecule has 0 radical (unpaired) electrons. The SMILES string of the molecule is CC1CC1c1ccc(C2CCNCC2)o1. The molecule has 3 rings (SSSR count). The van der Waals surface area contributed by atoms with E-state index in [9.17, 15) is 0 Å². The van der Waals surface area contributed by atoms with Gasteiger partial charge in [0.25, 0.3) is 0 Å². The molecule has 0 aromatic carbocycles. The van der Waals surface area contributed by atoms with Crippen molar-refractivity contribution in [2.24, 2.45) is 5.92 Å². The van der Waals surface area contributed by atoms with Crippen molar-refractivity contribution >= 4 is 0 Å². The number of rotatable bonds is 2. The third kappa shape index (κ3) is 1.83. The molecule has 0 amide bonds. The Balaban J connectivity index is 1.72. The Morgan fingerprint density at radius 1 is 1.20 bits per heavy atom. The average molecular weight is 205 g/mol. The molecule has 2 unspecified atom stereocenters. The molecule has 1 N–H and O–H groups in total. The predicted octanol–water partition coefficient (Wildman–Crippen LogP) is 2.87. The van der Waals surface area contributed by atoms with Crippen LogP contribution < -0.4 is 5.32 Å². The summed E-state index contributed by atoms with van der Waals surface area (Å²) in [6.07, 6.45) is 3.78. The highest BCUT2D eigenvalue weighted by Gasteiger charge is 2.37. The number of hydrogen-bond donors (Lipinski definition) is 1. The maximum atomic E-state index is 5.99. The van der Waals surface area contributed by atoms with Gasteiger partial charge >= 0.3 is 0 Å². The molecule has 2 heteroatoms. The Hall–Kier alpha value is -0.760. The van der Waals surface area contributed by atoms with Crippen molar-refractivity contribution in [3.63, 3.8) is 0 Å². The zero-order valence-electron chi connectivity index (χ0n) is 9.33. The lowest BCUT2D eigenvalue weighted by atomic mass is 9.96. The van der Waals surface area contributed by atoms with Gasteiger partial charge in [0.2, 0.25) is 0 Å². The fraction of sp³-hybridized carbons (Fsp3) is 0.692. The lowest BCUT2D eigenvalue weighted by Crippen LogP contribution is -2.26. The number of hydrogen-bond acceptors (Lipinski definition) is 2. The zero-order valence-corrected chi connectivity index (χ0v) is 9.33. The molecule has 1 aliphatic heterocycles. The first kappa shape index (κ1) is 9.46. The van der Waals surface area contributed by atoms with Crippen LogP contribution in [0.4, 0.5) is 0 Å². The Labute approximate surface area is 91.0 Å². The summed E-state index contributed by atoms with van der Waals surface area (Å²) in [6, 6.07) is 4.40. The first-order valence-electron chi connectivity index (χ1n) is 6.15. The smallest absolute Gasteiger partial charge is 0.107 e. The van der Waals surface area contributed by atoms with Gasteiger partial charge in [-0.05, 0) is 50.4 Å². The van der Waals surface area contributed by atoms with Crippen molar-refractivity contribution in [3.05, 3.63) is 23.7 Å². The average Bonchev–Trinajstić information content (AvgIpc) is 2.83. The first-order valence-corrected chi connectivity index (χ1v) is 6.15. The van der Waals surface area contributed by atoms with E-state index in [-0.39, 0.29) is 0 Å². The van der Waals surface area contributed by atoms with Crippen LogP contribution >= 0.6 is 0 Å². The van der Waals surface area contributed by atoms with Crippen LogP contribution in [0.2, 0.25) is 0 Å². The van der Waals surface area contributed by atoms with Gasteiger partial charge in [-0.1, -0.05) is 6.92 Å². The van der Waals surface area contributed by atoms with E-state index >= 15 is 0 Å². The summed E-state index contributed by atoms with van der Waals surface area (Å²) >= 11 is 0. The number of furan rings is 1. The van der Waals surface area contributed by atoms with Gasteiger partial charge in [0, 0.05) is 11.8 Å². The summed E-state index contributed by atoms with van der Waals surface area (Å²) in [6.45, 7) is 4.58. The second-order valence-corrected chi connectivity index (χ2v) is 5.08. The van der Waals surface area contributed by atoms with Crippen LogP contribution in [0.25, 0.3) is 0 Å². The van der Waals surface area contributed by atoms with Crippen LogP contribution in [0.15, 0.2) is 16.5 Å². The largest absolute Gasteiger partial charge is 0.465 e. The Bertz CT molecular complexity index is 338. The van der Waals surface area contributed by atoms with Gasteiger partial charge < -0.3 is 9.73 Å². The van der Waals surface area contributed by atoms with Crippen LogP contribution in [0.1, 0.15) is 49.5 Å².